The number of amides is 1. The SMILES string of the molecule is O=C(Nc1cc(I)ccc1Br)c1ccc(Br)cc1Br. The van der Waals surface area contributed by atoms with Gasteiger partial charge in [-0.1, -0.05) is 15.9 Å². The van der Waals surface area contributed by atoms with Gasteiger partial charge in [-0.15, -0.1) is 0 Å². The number of rotatable bonds is 2. The lowest BCUT2D eigenvalue weighted by atomic mass is 10.2. The van der Waals surface area contributed by atoms with Crippen LogP contribution in [0.15, 0.2) is 49.8 Å². The van der Waals surface area contributed by atoms with Crippen molar-refractivity contribution in [3.63, 3.8) is 0 Å². The molecule has 0 saturated heterocycles. The molecule has 0 heterocycles. The quantitative estimate of drug-likeness (QED) is 0.461. The van der Waals surface area contributed by atoms with Gasteiger partial charge in [-0.05, 0) is 90.8 Å². The van der Waals surface area contributed by atoms with Gasteiger partial charge in [0.2, 0.25) is 0 Å². The fourth-order valence-electron chi connectivity index (χ4n) is 1.46. The lowest BCUT2D eigenvalue weighted by Crippen LogP contribution is -2.13. The molecule has 0 fully saturated rings. The second kappa shape index (κ2) is 6.69. The molecule has 0 atom stereocenters. The molecular weight excluding hydrogens is 553 g/mol. The van der Waals surface area contributed by atoms with Crippen LogP contribution in [-0.2, 0) is 0 Å². The molecule has 19 heavy (non-hydrogen) atoms. The molecule has 2 aromatic carbocycles. The van der Waals surface area contributed by atoms with E-state index in [9.17, 15) is 4.79 Å². The first kappa shape index (κ1) is 15.5. The maximum atomic E-state index is 12.2. The van der Waals surface area contributed by atoms with E-state index in [1.165, 1.54) is 0 Å². The molecule has 0 saturated carbocycles. The zero-order valence-electron chi connectivity index (χ0n) is 9.38. The van der Waals surface area contributed by atoms with Gasteiger partial charge in [-0.3, -0.25) is 4.79 Å². The van der Waals surface area contributed by atoms with Crippen LogP contribution in [0.5, 0.6) is 0 Å². The summed E-state index contributed by atoms with van der Waals surface area (Å²) in [5.74, 6) is -0.151. The first-order valence-corrected chi connectivity index (χ1v) is 8.64. The molecule has 0 bridgehead atoms. The Morgan fingerprint density at radius 3 is 2.42 bits per heavy atom. The summed E-state index contributed by atoms with van der Waals surface area (Å²) in [6.07, 6.45) is 0. The molecule has 2 aromatic rings. The van der Waals surface area contributed by atoms with Crippen molar-refractivity contribution in [3.8, 4) is 0 Å². The minimum atomic E-state index is -0.151. The molecule has 0 spiro atoms. The van der Waals surface area contributed by atoms with Crippen LogP contribution in [0.25, 0.3) is 0 Å². The highest BCUT2D eigenvalue weighted by molar-refractivity contribution is 14.1. The number of hydrogen-bond acceptors (Lipinski definition) is 1. The van der Waals surface area contributed by atoms with Crippen molar-refractivity contribution in [3.05, 3.63) is 58.9 Å². The van der Waals surface area contributed by atoms with E-state index in [1.54, 1.807) is 6.07 Å². The standard InChI is InChI=1S/C13H7Br3INO/c14-7-1-3-9(11(16)5-7)13(19)18-12-6-8(17)2-4-10(12)15/h1-6H,(H,18,19). The maximum absolute atomic E-state index is 12.2. The Balaban J connectivity index is 2.28. The molecule has 0 radical (unpaired) electrons. The molecule has 0 aliphatic rings. The van der Waals surface area contributed by atoms with Gasteiger partial charge in [-0.25, -0.2) is 0 Å². The molecule has 0 aliphatic carbocycles. The number of carbonyl (C=O) groups excluding carboxylic acids is 1. The monoisotopic (exact) mass is 557 g/mol. The van der Waals surface area contributed by atoms with Crippen LogP contribution in [0.3, 0.4) is 0 Å². The fraction of sp³-hybridized carbons (Fsp3) is 0. The van der Waals surface area contributed by atoms with Gasteiger partial charge in [0.25, 0.3) is 5.91 Å². The van der Waals surface area contributed by atoms with Crippen molar-refractivity contribution < 1.29 is 4.79 Å². The van der Waals surface area contributed by atoms with Gasteiger partial charge >= 0.3 is 0 Å². The van der Waals surface area contributed by atoms with Gasteiger partial charge in [0, 0.05) is 17.0 Å². The zero-order chi connectivity index (χ0) is 14.0. The number of hydrogen-bond donors (Lipinski definition) is 1. The lowest BCUT2D eigenvalue weighted by molar-refractivity contribution is 0.102. The van der Waals surface area contributed by atoms with Gasteiger partial charge in [0.1, 0.15) is 0 Å². The molecule has 1 N–H and O–H groups in total. The van der Waals surface area contributed by atoms with Crippen LogP contribution in [0.1, 0.15) is 10.4 Å². The third-order valence-corrected chi connectivity index (χ3v) is 4.86. The Kier molecular flexibility index (Phi) is 5.45. The summed E-state index contributed by atoms with van der Waals surface area (Å²) in [5, 5.41) is 2.89. The predicted molar refractivity (Wildman–Crippen MR) is 96.7 cm³/mol. The molecule has 2 rings (SSSR count). The Morgan fingerprint density at radius 1 is 1.00 bits per heavy atom. The fourth-order valence-corrected chi connectivity index (χ4v) is 3.52. The van der Waals surface area contributed by atoms with Crippen LogP contribution in [0.2, 0.25) is 0 Å². The van der Waals surface area contributed by atoms with E-state index in [1.807, 2.05) is 30.3 Å². The van der Waals surface area contributed by atoms with Gasteiger partial charge in [0.05, 0.1) is 11.3 Å². The van der Waals surface area contributed by atoms with E-state index in [4.69, 9.17) is 0 Å². The van der Waals surface area contributed by atoms with Crippen molar-refractivity contribution in [2.24, 2.45) is 0 Å². The Morgan fingerprint density at radius 2 is 1.74 bits per heavy atom. The van der Waals surface area contributed by atoms with Gasteiger partial charge < -0.3 is 5.32 Å². The maximum Gasteiger partial charge on any atom is 0.256 e. The minimum Gasteiger partial charge on any atom is -0.321 e. The second-order valence-corrected chi connectivity index (χ2v) is 7.57. The summed E-state index contributed by atoms with van der Waals surface area (Å²) in [6, 6.07) is 11.2. The zero-order valence-corrected chi connectivity index (χ0v) is 16.3. The van der Waals surface area contributed by atoms with E-state index in [2.05, 4.69) is 75.7 Å². The molecule has 1 amide bonds. The third kappa shape index (κ3) is 4.03. The average Bonchev–Trinajstić information content (AvgIpc) is 2.33. The largest absolute Gasteiger partial charge is 0.321 e. The molecule has 0 aliphatic heterocycles. The van der Waals surface area contributed by atoms with Crippen molar-refractivity contribution in [2.75, 3.05) is 5.32 Å². The topological polar surface area (TPSA) is 29.1 Å². The first-order valence-electron chi connectivity index (χ1n) is 5.19. The van der Waals surface area contributed by atoms with Crippen molar-refractivity contribution >= 4 is 82.0 Å². The Bertz CT molecular complexity index is 646. The Hall–Kier alpha value is 0.0800. The van der Waals surface area contributed by atoms with Crippen molar-refractivity contribution in [2.45, 2.75) is 0 Å². The highest BCUT2D eigenvalue weighted by Gasteiger charge is 2.12. The van der Waals surface area contributed by atoms with Crippen LogP contribution >= 0.6 is 70.4 Å². The minimum absolute atomic E-state index is 0.151. The Labute approximate surface area is 149 Å². The van der Waals surface area contributed by atoms with Crippen molar-refractivity contribution in [1.82, 2.24) is 0 Å². The smallest absolute Gasteiger partial charge is 0.256 e. The summed E-state index contributed by atoms with van der Waals surface area (Å²) in [7, 11) is 0. The summed E-state index contributed by atoms with van der Waals surface area (Å²) in [4.78, 5) is 12.2. The number of carbonyl (C=O) groups is 1. The van der Waals surface area contributed by atoms with Crippen LogP contribution in [0.4, 0.5) is 5.69 Å². The molecule has 6 heteroatoms. The van der Waals surface area contributed by atoms with Crippen LogP contribution in [0, 0.1) is 3.57 Å². The van der Waals surface area contributed by atoms with Crippen LogP contribution < -0.4 is 5.32 Å². The third-order valence-electron chi connectivity index (χ3n) is 2.35. The van der Waals surface area contributed by atoms with Crippen LogP contribution in [-0.4, -0.2) is 5.91 Å². The van der Waals surface area contributed by atoms with Gasteiger partial charge in [-0.2, -0.15) is 0 Å². The van der Waals surface area contributed by atoms with E-state index >= 15 is 0 Å². The first-order chi connectivity index (χ1) is 8.97. The molecular formula is C13H7Br3INO. The summed E-state index contributed by atoms with van der Waals surface area (Å²) in [6.45, 7) is 0. The predicted octanol–water partition coefficient (Wildman–Crippen LogP) is 5.83. The van der Waals surface area contributed by atoms with E-state index in [-0.39, 0.29) is 5.91 Å². The average molecular weight is 560 g/mol. The van der Waals surface area contributed by atoms with Gasteiger partial charge in [0.15, 0.2) is 0 Å². The van der Waals surface area contributed by atoms with E-state index in [0.29, 0.717) is 5.56 Å². The molecule has 98 valence electrons. The van der Waals surface area contributed by atoms with E-state index in [0.717, 1.165) is 22.7 Å². The number of anilines is 1. The molecule has 0 unspecified atom stereocenters. The summed E-state index contributed by atoms with van der Waals surface area (Å²) >= 11 is 12.4. The summed E-state index contributed by atoms with van der Waals surface area (Å²) < 4.78 is 3.59. The number of benzene rings is 2. The number of nitrogens with one attached hydrogen (secondary N) is 1. The highest BCUT2D eigenvalue weighted by Crippen LogP contribution is 2.27. The van der Waals surface area contributed by atoms with E-state index < -0.39 is 0 Å². The highest BCUT2D eigenvalue weighted by atomic mass is 127. The normalized spacial score (nSPS) is 10.3. The molecule has 0 aromatic heterocycles. The second-order valence-electron chi connectivity index (χ2n) is 3.70. The number of halogens is 4. The molecule has 2 nitrogen and oxygen atoms in total. The van der Waals surface area contributed by atoms with Crippen molar-refractivity contribution in [1.29, 1.82) is 0 Å². The lowest BCUT2D eigenvalue weighted by Gasteiger charge is -2.09. The summed E-state index contributed by atoms with van der Waals surface area (Å²) in [5.41, 5.74) is 1.35.